The summed E-state index contributed by atoms with van der Waals surface area (Å²) in [7, 11) is -2.19. The highest BCUT2D eigenvalue weighted by Gasteiger charge is 2.42. The Kier molecular flexibility index (Phi) is 10.8. The lowest BCUT2D eigenvalue weighted by Crippen LogP contribution is -2.41. The van der Waals surface area contributed by atoms with Crippen LogP contribution < -0.4 is 4.74 Å². The Balaban J connectivity index is 1.38. The average molecular weight is 721 g/mol. The van der Waals surface area contributed by atoms with Gasteiger partial charge < -0.3 is 9.16 Å². The molecule has 3 aromatic rings. The topological polar surface area (TPSA) is 38.8 Å². The maximum atomic E-state index is 13.2. The molecule has 260 valence electrons. The van der Waals surface area contributed by atoms with E-state index in [1.54, 1.807) is 0 Å². The highest BCUT2D eigenvalue weighted by Crippen LogP contribution is 2.45. The van der Waals surface area contributed by atoms with E-state index in [1.807, 2.05) is 18.2 Å². The standard InChI is InChI=1S/C41H48Cl2FNO3Si/c1-41(2,3)49(4,5)48-40-34(18-19-38(40)46)29-12-16-33-28(24-29)8-6-9-36(35-17-13-30(42)25-37(35)43)39(33)27-10-14-31(15-11-27)47-32-20-23-45(26-32)22-7-21-44/h10-17,24-25,32H,6-9,18-23,26H2,1-5H3/t32-/m0/s1. The summed E-state index contributed by atoms with van der Waals surface area (Å²) in [5.41, 5.74) is 8.97. The number of fused-ring (bicyclic) bond motifs is 1. The fourth-order valence-corrected chi connectivity index (χ4v) is 8.59. The van der Waals surface area contributed by atoms with Crippen molar-refractivity contribution >= 4 is 54.0 Å². The number of ketones is 1. The number of carbonyl (C=O) groups excluding carboxylic acids is 1. The van der Waals surface area contributed by atoms with Crippen LogP contribution in [0.4, 0.5) is 4.39 Å². The van der Waals surface area contributed by atoms with E-state index in [9.17, 15) is 9.18 Å². The van der Waals surface area contributed by atoms with E-state index in [0.29, 0.717) is 35.1 Å². The number of ether oxygens (including phenoxy) is 1. The summed E-state index contributed by atoms with van der Waals surface area (Å²) in [6.07, 6.45) is 5.53. The first-order chi connectivity index (χ1) is 23.3. The van der Waals surface area contributed by atoms with Gasteiger partial charge in [-0.3, -0.25) is 14.1 Å². The molecule has 1 heterocycles. The van der Waals surface area contributed by atoms with Crippen LogP contribution in [-0.2, 0) is 15.6 Å². The zero-order valence-electron chi connectivity index (χ0n) is 29.4. The third-order valence-electron chi connectivity index (χ3n) is 10.7. The van der Waals surface area contributed by atoms with Crippen LogP contribution in [0.1, 0.15) is 87.1 Å². The molecular weight excluding hydrogens is 672 g/mol. The number of benzene rings is 3. The number of halogens is 3. The lowest BCUT2D eigenvalue weighted by Gasteiger charge is -2.37. The quantitative estimate of drug-likeness (QED) is 0.196. The van der Waals surface area contributed by atoms with Gasteiger partial charge >= 0.3 is 0 Å². The lowest BCUT2D eigenvalue weighted by molar-refractivity contribution is -0.116. The first-order valence-electron chi connectivity index (χ1n) is 17.7. The Hall–Kier alpha value is -2.90. The smallest absolute Gasteiger partial charge is 0.250 e. The van der Waals surface area contributed by atoms with Crippen LogP contribution in [0.5, 0.6) is 5.75 Å². The van der Waals surface area contributed by atoms with Crippen LogP contribution in [0.25, 0.3) is 16.7 Å². The van der Waals surface area contributed by atoms with Crippen LogP contribution >= 0.6 is 23.2 Å². The van der Waals surface area contributed by atoms with Crippen molar-refractivity contribution in [2.24, 2.45) is 0 Å². The average Bonchev–Trinajstić information content (AvgIpc) is 3.59. The minimum absolute atomic E-state index is 0.00500. The Morgan fingerprint density at radius 3 is 2.35 bits per heavy atom. The lowest BCUT2D eigenvalue weighted by atomic mass is 9.86. The molecule has 6 rings (SSSR count). The maximum absolute atomic E-state index is 13.2. The molecule has 0 radical (unpaired) electrons. The highest BCUT2D eigenvalue weighted by molar-refractivity contribution is 6.74. The highest BCUT2D eigenvalue weighted by atomic mass is 35.5. The molecule has 2 aliphatic carbocycles. The number of nitrogens with zero attached hydrogens (tertiary/aromatic N) is 1. The summed E-state index contributed by atoms with van der Waals surface area (Å²) in [6.45, 7) is 13.3. The number of hydrogen-bond donors (Lipinski definition) is 0. The van der Waals surface area contributed by atoms with E-state index < -0.39 is 8.32 Å². The molecule has 4 nitrogen and oxygen atoms in total. The monoisotopic (exact) mass is 719 g/mol. The van der Waals surface area contributed by atoms with E-state index in [4.69, 9.17) is 32.4 Å². The van der Waals surface area contributed by atoms with Crippen molar-refractivity contribution in [2.45, 2.75) is 90.0 Å². The van der Waals surface area contributed by atoms with Crippen LogP contribution in [0.3, 0.4) is 0 Å². The van der Waals surface area contributed by atoms with Gasteiger partial charge in [0.15, 0.2) is 11.5 Å². The zero-order chi connectivity index (χ0) is 34.9. The number of likely N-dealkylation sites (tertiary alicyclic amines) is 1. The van der Waals surface area contributed by atoms with Crippen molar-refractivity contribution in [1.29, 1.82) is 0 Å². The van der Waals surface area contributed by atoms with Gasteiger partial charge in [-0.15, -0.1) is 0 Å². The van der Waals surface area contributed by atoms with E-state index in [-0.39, 0.29) is 23.6 Å². The second-order valence-electron chi connectivity index (χ2n) is 15.2. The Bertz CT molecular complexity index is 1780. The molecule has 1 saturated heterocycles. The van der Waals surface area contributed by atoms with Gasteiger partial charge in [-0.05, 0) is 120 Å². The predicted octanol–water partition coefficient (Wildman–Crippen LogP) is 11.2. The molecule has 0 saturated carbocycles. The molecule has 3 aliphatic rings. The molecule has 1 fully saturated rings. The predicted molar refractivity (Wildman–Crippen MR) is 204 cm³/mol. The Morgan fingerprint density at radius 1 is 0.898 bits per heavy atom. The van der Waals surface area contributed by atoms with Crippen LogP contribution in [0.15, 0.2) is 66.4 Å². The number of carbonyl (C=O) groups is 1. The zero-order valence-corrected chi connectivity index (χ0v) is 31.9. The van der Waals surface area contributed by atoms with E-state index in [2.05, 4.69) is 81.2 Å². The molecule has 8 heteroatoms. The largest absolute Gasteiger partial charge is 0.541 e. The molecule has 1 aliphatic heterocycles. The van der Waals surface area contributed by atoms with Gasteiger partial charge in [0.25, 0.3) is 8.32 Å². The molecule has 0 bridgehead atoms. The molecule has 0 spiro atoms. The minimum Gasteiger partial charge on any atom is -0.541 e. The third-order valence-corrected chi connectivity index (χ3v) is 15.6. The maximum Gasteiger partial charge on any atom is 0.250 e. The van der Waals surface area contributed by atoms with Crippen LogP contribution in [0.2, 0.25) is 28.2 Å². The van der Waals surface area contributed by atoms with E-state index in [1.165, 1.54) is 16.7 Å². The van der Waals surface area contributed by atoms with Crippen molar-refractivity contribution in [2.75, 3.05) is 26.3 Å². The van der Waals surface area contributed by atoms with Gasteiger partial charge in [-0.25, -0.2) is 0 Å². The second-order valence-corrected chi connectivity index (χ2v) is 20.8. The fraction of sp³-hybridized carbons (Fsp3) is 0.439. The minimum atomic E-state index is -2.19. The van der Waals surface area contributed by atoms with Gasteiger partial charge in [-0.2, -0.15) is 0 Å². The molecular formula is C41H48Cl2FNO3Si. The number of aryl methyl sites for hydroxylation is 1. The van der Waals surface area contributed by atoms with Gasteiger partial charge in [-0.1, -0.05) is 80.4 Å². The first kappa shape index (κ1) is 35.9. The Morgan fingerprint density at radius 2 is 1.63 bits per heavy atom. The van der Waals surface area contributed by atoms with Crippen molar-refractivity contribution in [3.63, 3.8) is 0 Å². The Labute approximate surface area is 302 Å². The molecule has 0 unspecified atom stereocenters. The summed E-state index contributed by atoms with van der Waals surface area (Å²) < 4.78 is 25.8. The van der Waals surface area contributed by atoms with Crippen molar-refractivity contribution in [3.05, 3.63) is 104 Å². The first-order valence-corrected chi connectivity index (χ1v) is 21.3. The van der Waals surface area contributed by atoms with Gasteiger partial charge in [0.1, 0.15) is 11.9 Å². The van der Waals surface area contributed by atoms with Crippen LogP contribution in [0, 0.1) is 0 Å². The summed E-state index contributed by atoms with van der Waals surface area (Å²) in [5, 5.41) is 1.25. The fourth-order valence-electron chi connectivity index (χ4n) is 7.02. The van der Waals surface area contributed by atoms with Gasteiger partial charge in [0.2, 0.25) is 0 Å². The van der Waals surface area contributed by atoms with Gasteiger partial charge in [0, 0.05) is 41.7 Å². The molecule has 0 N–H and O–H groups in total. The van der Waals surface area contributed by atoms with Crippen LogP contribution in [-0.4, -0.2) is 51.4 Å². The number of rotatable bonds is 10. The molecule has 49 heavy (non-hydrogen) atoms. The summed E-state index contributed by atoms with van der Waals surface area (Å²) in [6, 6.07) is 20.9. The normalized spacial score (nSPS) is 19.0. The summed E-state index contributed by atoms with van der Waals surface area (Å²) in [5.74, 6) is 1.53. The van der Waals surface area contributed by atoms with E-state index in [0.717, 1.165) is 78.9 Å². The number of Topliss-reactive ketones (excluding diaryl/α,β-unsaturated/α-hetero) is 1. The second kappa shape index (κ2) is 14.8. The number of hydrogen-bond acceptors (Lipinski definition) is 4. The van der Waals surface area contributed by atoms with Gasteiger partial charge in [0.05, 0.1) is 6.67 Å². The number of allylic oxidation sites excluding steroid dienone is 3. The summed E-state index contributed by atoms with van der Waals surface area (Å²) >= 11 is 13.2. The molecule has 1 atom stereocenters. The van der Waals surface area contributed by atoms with Crippen molar-refractivity contribution in [3.8, 4) is 5.75 Å². The van der Waals surface area contributed by atoms with Crippen molar-refractivity contribution < 1.29 is 18.3 Å². The third kappa shape index (κ3) is 7.88. The van der Waals surface area contributed by atoms with E-state index >= 15 is 0 Å². The summed E-state index contributed by atoms with van der Waals surface area (Å²) in [4.78, 5) is 15.5. The number of alkyl halides is 1. The molecule has 0 amide bonds. The molecule has 3 aromatic carbocycles. The molecule has 0 aromatic heterocycles. The van der Waals surface area contributed by atoms with Crippen molar-refractivity contribution in [1.82, 2.24) is 4.90 Å². The SMILES string of the molecule is CC(C)(C)[Si](C)(C)OC1=C(c2ccc3c(c2)CCCC(c2ccc(Cl)cc2Cl)=C3c2ccc(O[C@H]3CCN(CCCF)C3)cc2)CCC1=O.